The number of hydrogen-bond donors (Lipinski definition) is 2. The van der Waals surface area contributed by atoms with Gasteiger partial charge < -0.3 is 10.8 Å². The van der Waals surface area contributed by atoms with Crippen molar-refractivity contribution < 1.29 is 9.32 Å². The van der Waals surface area contributed by atoms with E-state index in [2.05, 4.69) is 0 Å². The number of allylic oxidation sites excluding steroid dienone is 2. The summed E-state index contributed by atoms with van der Waals surface area (Å²) in [4.78, 5) is 0.809. The molecular formula is C10H20N2O2S2. The van der Waals surface area contributed by atoms with E-state index in [9.17, 15) is 9.32 Å². The van der Waals surface area contributed by atoms with Crippen molar-refractivity contribution >= 4 is 22.7 Å². The van der Waals surface area contributed by atoms with Crippen LogP contribution >= 0.6 is 11.8 Å². The fraction of sp³-hybridized carbons (Fsp3) is 0.600. The highest BCUT2D eigenvalue weighted by Crippen LogP contribution is 2.30. The standard InChI is InChI=1S/C10H20N2O2S2/c1-5-12(6-2)16(14)10(9(4)13)15-8(3)7-11/h7,13H,5-6,11H2,1-4H3/b8-7+,10-9-. The van der Waals surface area contributed by atoms with E-state index in [-0.39, 0.29) is 5.76 Å². The zero-order chi connectivity index (χ0) is 12.7. The van der Waals surface area contributed by atoms with E-state index in [4.69, 9.17) is 5.73 Å². The molecule has 0 bridgehead atoms. The molecule has 1 atom stereocenters. The summed E-state index contributed by atoms with van der Waals surface area (Å²) in [6.07, 6.45) is 1.44. The topological polar surface area (TPSA) is 66.6 Å². The summed E-state index contributed by atoms with van der Waals surface area (Å²) in [5.41, 5.74) is 5.36. The Labute approximate surface area is 104 Å². The van der Waals surface area contributed by atoms with Crippen molar-refractivity contribution in [3.05, 3.63) is 21.1 Å². The van der Waals surface area contributed by atoms with Gasteiger partial charge >= 0.3 is 0 Å². The van der Waals surface area contributed by atoms with Crippen LogP contribution < -0.4 is 5.73 Å². The van der Waals surface area contributed by atoms with E-state index in [0.29, 0.717) is 17.3 Å². The van der Waals surface area contributed by atoms with E-state index in [0.717, 1.165) is 4.91 Å². The van der Waals surface area contributed by atoms with Crippen molar-refractivity contribution in [2.24, 2.45) is 5.73 Å². The van der Waals surface area contributed by atoms with E-state index < -0.39 is 11.0 Å². The van der Waals surface area contributed by atoms with Crippen LogP contribution in [-0.4, -0.2) is 26.7 Å². The molecule has 4 nitrogen and oxygen atoms in total. The first-order valence-electron chi connectivity index (χ1n) is 5.10. The lowest BCUT2D eigenvalue weighted by molar-refractivity contribution is 0.413. The summed E-state index contributed by atoms with van der Waals surface area (Å²) in [7, 11) is -1.32. The van der Waals surface area contributed by atoms with Gasteiger partial charge in [0.25, 0.3) is 0 Å². The predicted octanol–water partition coefficient (Wildman–Crippen LogP) is 2.29. The molecule has 0 saturated carbocycles. The molecule has 0 fully saturated rings. The first-order chi connectivity index (χ1) is 7.47. The van der Waals surface area contributed by atoms with Gasteiger partial charge in [-0.2, -0.15) is 0 Å². The van der Waals surface area contributed by atoms with Gasteiger partial charge in [0.2, 0.25) is 0 Å². The lowest BCUT2D eigenvalue weighted by Gasteiger charge is -2.19. The molecule has 0 aromatic carbocycles. The summed E-state index contributed by atoms with van der Waals surface area (Å²) < 4.78 is 14.3. The fourth-order valence-corrected chi connectivity index (χ4v) is 3.45. The molecule has 0 aromatic heterocycles. The quantitative estimate of drug-likeness (QED) is 0.722. The normalized spacial score (nSPS) is 16.2. The van der Waals surface area contributed by atoms with Gasteiger partial charge in [-0.15, -0.1) is 0 Å². The van der Waals surface area contributed by atoms with E-state index >= 15 is 0 Å². The second-order valence-electron chi connectivity index (χ2n) is 3.12. The molecule has 1 unspecified atom stereocenters. The second-order valence-corrected chi connectivity index (χ2v) is 6.05. The summed E-state index contributed by atoms with van der Waals surface area (Å²) in [5, 5.41) is 9.54. The first-order valence-corrected chi connectivity index (χ1v) is 7.03. The van der Waals surface area contributed by atoms with Crippen molar-refractivity contribution in [3.8, 4) is 0 Å². The van der Waals surface area contributed by atoms with Crippen molar-refractivity contribution in [3.63, 3.8) is 0 Å². The number of rotatable bonds is 6. The van der Waals surface area contributed by atoms with Crippen LogP contribution in [0.3, 0.4) is 0 Å². The van der Waals surface area contributed by atoms with Gasteiger partial charge in [-0.1, -0.05) is 25.6 Å². The second kappa shape index (κ2) is 7.76. The maximum absolute atomic E-state index is 12.1. The van der Waals surface area contributed by atoms with Crippen molar-refractivity contribution in [1.29, 1.82) is 0 Å². The van der Waals surface area contributed by atoms with Crippen LogP contribution in [0.1, 0.15) is 27.7 Å². The number of aliphatic hydroxyl groups excluding tert-OH is 1. The number of hydrogen-bond acceptors (Lipinski definition) is 4. The third-order valence-electron chi connectivity index (χ3n) is 1.88. The summed E-state index contributed by atoms with van der Waals surface area (Å²) in [6.45, 7) is 8.56. The van der Waals surface area contributed by atoms with Crippen molar-refractivity contribution in [2.75, 3.05) is 13.1 Å². The summed E-state index contributed by atoms with van der Waals surface area (Å²) in [5.74, 6) is 0.0800. The van der Waals surface area contributed by atoms with Crippen molar-refractivity contribution in [1.82, 2.24) is 4.31 Å². The molecule has 16 heavy (non-hydrogen) atoms. The Bertz CT molecular complexity index is 306. The maximum atomic E-state index is 12.1. The van der Waals surface area contributed by atoms with Gasteiger partial charge in [0, 0.05) is 24.2 Å². The molecule has 6 heteroatoms. The zero-order valence-corrected chi connectivity index (χ0v) is 11.8. The van der Waals surface area contributed by atoms with Gasteiger partial charge in [-0.3, -0.25) is 0 Å². The lowest BCUT2D eigenvalue weighted by Crippen LogP contribution is -2.26. The van der Waals surface area contributed by atoms with Gasteiger partial charge in [-0.25, -0.2) is 8.51 Å². The van der Waals surface area contributed by atoms with Crippen LogP contribution in [0.4, 0.5) is 0 Å². The molecule has 0 aromatic rings. The van der Waals surface area contributed by atoms with Crippen LogP contribution in [-0.2, 0) is 11.0 Å². The molecule has 3 N–H and O–H groups in total. The average Bonchev–Trinajstić information content (AvgIpc) is 2.26. The number of nitrogens with two attached hydrogens (primary N) is 1. The Hall–Kier alpha value is -0.460. The minimum absolute atomic E-state index is 0.0800. The van der Waals surface area contributed by atoms with Crippen LogP contribution in [0, 0.1) is 0 Å². The molecule has 0 rings (SSSR count). The van der Waals surface area contributed by atoms with E-state index in [1.165, 1.54) is 24.9 Å². The zero-order valence-electron chi connectivity index (χ0n) is 10.2. The van der Waals surface area contributed by atoms with E-state index in [1.54, 1.807) is 4.31 Å². The fourth-order valence-electron chi connectivity index (χ4n) is 0.991. The molecule has 0 radical (unpaired) electrons. The summed E-state index contributed by atoms with van der Waals surface area (Å²) in [6, 6.07) is 0. The third-order valence-corrected chi connectivity index (χ3v) is 5.10. The monoisotopic (exact) mass is 264 g/mol. The number of thioether (sulfide) groups is 1. The molecule has 0 amide bonds. The Balaban J connectivity index is 4.96. The Morgan fingerprint density at radius 1 is 1.44 bits per heavy atom. The maximum Gasteiger partial charge on any atom is 0.137 e. The van der Waals surface area contributed by atoms with Gasteiger partial charge in [0.1, 0.15) is 21.0 Å². The van der Waals surface area contributed by atoms with Crippen LogP contribution in [0.15, 0.2) is 21.1 Å². The largest absolute Gasteiger partial charge is 0.511 e. The predicted molar refractivity (Wildman–Crippen MR) is 71.9 cm³/mol. The minimum Gasteiger partial charge on any atom is -0.511 e. The SMILES string of the molecule is CCN(CC)S(=O)/C(S/C(C)=C/N)=C(/C)O. The van der Waals surface area contributed by atoms with Crippen LogP contribution in [0.2, 0.25) is 0 Å². The minimum atomic E-state index is -1.32. The van der Waals surface area contributed by atoms with Gasteiger partial charge in [0.05, 0.1) is 0 Å². The number of nitrogens with zero attached hydrogens (tertiary/aromatic N) is 1. The van der Waals surface area contributed by atoms with Crippen LogP contribution in [0.25, 0.3) is 0 Å². The molecule has 0 aliphatic rings. The molecule has 0 spiro atoms. The Morgan fingerprint density at radius 2 is 1.94 bits per heavy atom. The highest BCUT2D eigenvalue weighted by molar-refractivity contribution is 8.18. The Kier molecular flexibility index (Phi) is 7.53. The van der Waals surface area contributed by atoms with Crippen molar-refractivity contribution in [2.45, 2.75) is 27.7 Å². The van der Waals surface area contributed by atoms with Crippen LogP contribution in [0.5, 0.6) is 0 Å². The first kappa shape index (κ1) is 15.5. The lowest BCUT2D eigenvalue weighted by atomic mass is 10.7. The third kappa shape index (κ3) is 4.59. The molecule has 0 saturated heterocycles. The average molecular weight is 264 g/mol. The highest BCUT2D eigenvalue weighted by atomic mass is 32.2. The highest BCUT2D eigenvalue weighted by Gasteiger charge is 2.18. The molecule has 94 valence electrons. The number of aliphatic hydroxyl groups is 1. The van der Waals surface area contributed by atoms with Gasteiger partial charge in [0.15, 0.2) is 0 Å². The van der Waals surface area contributed by atoms with Gasteiger partial charge in [-0.05, 0) is 13.8 Å². The van der Waals surface area contributed by atoms with E-state index in [1.807, 2.05) is 20.8 Å². The Morgan fingerprint density at radius 3 is 2.25 bits per heavy atom. The summed E-state index contributed by atoms with van der Waals surface area (Å²) >= 11 is 1.24. The molecular weight excluding hydrogens is 244 g/mol. The smallest absolute Gasteiger partial charge is 0.137 e. The molecule has 0 heterocycles. The molecule has 0 aliphatic heterocycles. The molecule has 0 aliphatic carbocycles.